The first-order valence-corrected chi connectivity index (χ1v) is 7.96. The van der Waals surface area contributed by atoms with Crippen LogP contribution in [0.15, 0.2) is 0 Å². The summed E-state index contributed by atoms with van der Waals surface area (Å²) >= 11 is 0. The standard InChI is InChI=1S/C16H29NO3/c1-5-17(6-2)15(3,4)14(18)13-7-9-20-16(11-13)8-10-19-12-16/h13H,5-12H2,1-4H3. The zero-order chi connectivity index (χ0) is 14.8. The molecule has 1 spiro atoms. The molecule has 2 saturated heterocycles. The quantitative estimate of drug-likeness (QED) is 0.776. The van der Waals surface area contributed by atoms with Gasteiger partial charge in [0.1, 0.15) is 0 Å². The third-order valence-electron chi connectivity index (χ3n) is 5.09. The molecule has 0 aromatic carbocycles. The molecule has 116 valence electrons. The summed E-state index contributed by atoms with van der Waals surface area (Å²) in [7, 11) is 0. The van der Waals surface area contributed by atoms with E-state index in [0.29, 0.717) is 19.0 Å². The molecule has 2 heterocycles. The molecule has 0 saturated carbocycles. The molecule has 0 radical (unpaired) electrons. The van der Waals surface area contributed by atoms with Gasteiger partial charge in [-0.3, -0.25) is 9.69 Å². The highest BCUT2D eigenvalue weighted by atomic mass is 16.6. The van der Waals surface area contributed by atoms with E-state index >= 15 is 0 Å². The predicted octanol–water partition coefficient (Wildman–Crippen LogP) is 2.26. The first kappa shape index (κ1) is 15.9. The van der Waals surface area contributed by atoms with Crippen LogP contribution in [0.1, 0.15) is 47.0 Å². The highest BCUT2D eigenvalue weighted by molar-refractivity contribution is 5.89. The number of likely N-dealkylation sites (N-methyl/N-ethyl adjacent to an activating group) is 1. The molecule has 0 amide bonds. The molecule has 0 bridgehead atoms. The minimum absolute atomic E-state index is 0.112. The number of carbonyl (C=O) groups is 1. The van der Waals surface area contributed by atoms with Gasteiger partial charge in [-0.15, -0.1) is 0 Å². The lowest BCUT2D eigenvalue weighted by atomic mass is 9.77. The molecule has 2 aliphatic heterocycles. The van der Waals surface area contributed by atoms with Crippen LogP contribution in [-0.4, -0.2) is 54.7 Å². The van der Waals surface area contributed by atoms with Crippen molar-refractivity contribution < 1.29 is 14.3 Å². The summed E-state index contributed by atoms with van der Waals surface area (Å²) in [4.78, 5) is 15.2. The second-order valence-electron chi connectivity index (χ2n) is 6.62. The molecule has 0 aromatic heterocycles. The Morgan fingerprint density at radius 2 is 2.00 bits per heavy atom. The van der Waals surface area contributed by atoms with Crippen molar-refractivity contribution in [2.24, 2.45) is 5.92 Å². The maximum Gasteiger partial charge on any atom is 0.155 e. The van der Waals surface area contributed by atoms with Crippen molar-refractivity contribution >= 4 is 5.78 Å². The average molecular weight is 283 g/mol. The molecular weight excluding hydrogens is 254 g/mol. The number of Topliss-reactive ketones (excluding diaryl/α,β-unsaturated/α-hetero) is 1. The number of hydrogen-bond donors (Lipinski definition) is 0. The van der Waals surface area contributed by atoms with Crippen molar-refractivity contribution in [3.8, 4) is 0 Å². The van der Waals surface area contributed by atoms with E-state index in [1.807, 2.05) is 0 Å². The van der Waals surface area contributed by atoms with E-state index in [1.165, 1.54) is 0 Å². The predicted molar refractivity (Wildman–Crippen MR) is 78.9 cm³/mol. The van der Waals surface area contributed by atoms with E-state index in [1.54, 1.807) is 0 Å². The number of hydrogen-bond acceptors (Lipinski definition) is 4. The fraction of sp³-hybridized carbons (Fsp3) is 0.938. The van der Waals surface area contributed by atoms with E-state index in [4.69, 9.17) is 9.47 Å². The lowest BCUT2D eigenvalue weighted by Gasteiger charge is -2.42. The van der Waals surface area contributed by atoms with Gasteiger partial charge in [0.05, 0.1) is 17.7 Å². The van der Waals surface area contributed by atoms with Crippen LogP contribution >= 0.6 is 0 Å². The summed E-state index contributed by atoms with van der Waals surface area (Å²) in [5.41, 5.74) is -0.565. The molecule has 4 nitrogen and oxygen atoms in total. The highest BCUT2D eigenvalue weighted by Gasteiger charge is 2.46. The van der Waals surface area contributed by atoms with Crippen LogP contribution in [0.2, 0.25) is 0 Å². The van der Waals surface area contributed by atoms with Gasteiger partial charge in [-0.05, 0) is 39.8 Å². The van der Waals surface area contributed by atoms with Gasteiger partial charge in [0.2, 0.25) is 0 Å². The van der Waals surface area contributed by atoms with Gasteiger partial charge < -0.3 is 9.47 Å². The summed E-state index contributed by atoms with van der Waals surface area (Å²) in [5, 5.41) is 0. The molecule has 0 aliphatic carbocycles. The van der Waals surface area contributed by atoms with Gasteiger partial charge in [0.25, 0.3) is 0 Å². The van der Waals surface area contributed by atoms with Crippen LogP contribution in [0.4, 0.5) is 0 Å². The second kappa shape index (κ2) is 6.12. The van der Waals surface area contributed by atoms with Crippen molar-refractivity contribution in [1.82, 2.24) is 4.90 Å². The minimum Gasteiger partial charge on any atom is -0.378 e. The maximum absolute atomic E-state index is 13.0. The molecule has 0 aromatic rings. The van der Waals surface area contributed by atoms with E-state index < -0.39 is 0 Å². The third kappa shape index (κ3) is 2.92. The molecule has 4 heteroatoms. The highest BCUT2D eigenvalue weighted by Crippen LogP contribution is 2.38. The first-order chi connectivity index (χ1) is 9.45. The largest absolute Gasteiger partial charge is 0.378 e. The Hall–Kier alpha value is -0.450. The Morgan fingerprint density at radius 3 is 2.55 bits per heavy atom. The zero-order valence-electron chi connectivity index (χ0n) is 13.4. The van der Waals surface area contributed by atoms with Crippen LogP contribution in [-0.2, 0) is 14.3 Å². The SMILES string of the molecule is CCN(CC)C(C)(C)C(=O)C1CCOC2(CCOC2)C1. The number of rotatable bonds is 5. The number of nitrogens with zero attached hydrogens (tertiary/aromatic N) is 1. The molecular formula is C16H29NO3. The normalized spacial score (nSPS) is 31.1. The van der Waals surface area contributed by atoms with Crippen molar-refractivity contribution in [3.05, 3.63) is 0 Å². The number of ether oxygens (including phenoxy) is 2. The summed E-state index contributed by atoms with van der Waals surface area (Å²) in [5.74, 6) is 0.483. The monoisotopic (exact) mass is 283 g/mol. The lowest BCUT2D eigenvalue weighted by Crippen LogP contribution is -2.54. The van der Waals surface area contributed by atoms with E-state index in [9.17, 15) is 4.79 Å². The van der Waals surface area contributed by atoms with Gasteiger partial charge in [0, 0.05) is 25.6 Å². The third-order valence-corrected chi connectivity index (χ3v) is 5.09. The van der Waals surface area contributed by atoms with Gasteiger partial charge in [0.15, 0.2) is 5.78 Å². The number of carbonyl (C=O) groups excluding carboxylic acids is 1. The summed E-state index contributed by atoms with van der Waals surface area (Å²) in [6, 6.07) is 0. The van der Waals surface area contributed by atoms with Crippen molar-refractivity contribution in [2.45, 2.75) is 58.1 Å². The topological polar surface area (TPSA) is 38.8 Å². The van der Waals surface area contributed by atoms with Crippen LogP contribution in [0.5, 0.6) is 0 Å². The Balaban J connectivity index is 2.08. The van der Waals surface area contributed by atoms with E-state index in [-0.39, 0.29) is 17.1 Å². The van der Waals surface area contributed by atoms with Gasteiger partial charge in [-0.2, -0.15) is 0 Å². The Bertz CT molecular complexity index is 344. The molecule has 2 atom stereocenters. The van der Waals surface area contributed by atoms with E-state index in [0.717, 1.165) is 39.0 Å². The van der Waals surface area contributed by atoms with Gasteiger partial charge in [-0.25, -0.2) is 0 Å². The Labute approximate surface area is 122 Å². The van der Waals surface area contributed by atoms with E-state index in [2.05, 4.69) is 32.6 Å². The second-order valence-corrected chi connectivity index (χ2v) is 6.62. The number of ketones is 1. The zero-order valence-corrected chi connectivity index (χ0v) is 13.4. The van der Waals surface area contributed by atoms with Crippen molar-refractivity contribution in [1.29, 1.82) is 0 Å². The van der Waals surface area contributed by atoms with Crippen molar-refractivity contribution in [2.75, 3.05) is 32.9 Å². The molecule has 2 rings (SSSR count). The van der Waals surface area contributed by atoms with Crippen LogP contribution < -0.4 is 0 Å². The molecule has 2 aliphatic rings. The summed E-state index contributed by atoms with van der Waals surface area (Å²) in [6.45, 7) is 12.3. The van der Waals surface area contributed by atoms with Crippen molar-refractivity contribution in [3.63, 3.8) is 0 Å². The molecule has 0 N–H and O–H groups in total. The lowest BCUT2D eigenvalue weighted by molar-refractivity contribution is -0.146. The van der Waals surface area contributed by atoms with Gasteiger partial charge in [-0.1, -0.05) is 13.8 Å². The first-order valence-electron chi connectivity index (χ1n) is 7.96. The minimum atomic E-state index is -0.383. The molecule has 20 heavy (non-hydrogen) atoms. The Kier molecular flexibility index (Phi) is 4.88. The smallest absolute Gasteiger partial charge is 0.155 e. The Morgan fingerprint density at radius 1 is 1.30 bits per heavy atom. The molecule has 2 fully saturated rings. The maximum atomic E-state index is 13.0. The molecule has 2 unspecified atom stereocenters. The average Bonchev–Trinajstić information content (AvgIpc) is 2.87. The van der Waals surface area contributed by atoms with Crippen LogP contribution in [0.3, 0.4) is 0 Å². The summed E-state index contributed by atoms with van der Waals surface area (Å²) < 4.78 is 11.4. The fourth-order valence-electron chi connectivity index (χ4n) is 3.78. The van der Waals surface area contributed by atoms with Gasteiger partial charge >= 0.3 is 0 Å². The summed E-state index contributed by atoms with van der Waals surface area (Å²) in [6.07, 6.45) is 2.62. The van der Waals surface area contributed by atoms with Crippen LogP contribution in [0, 0.1) is 5.92 Å². The fourth-order valence-corrected chi connectivity index (χ4v) is 3.78. The van der Waals surface area contributed by atoms with Crippen LogP contribution in [0.25, 0.3) is 0 Å².